The summed E-state index contributed by atoms with van der Waals surface area (Å²) in [6, 6.07) is 0. The number of ketones is 1. The van der Waals surface area contributed by atoms with Crippen LogP contribution < -0.4 is 0 Å². The fourth-order valence-electron chi connectivity index (χ4n) is 4.89. The summed E-state index contributed by atoms with van der Waals surface area (Å²) in [6.07, 6.45) is 2.37. The summed E-state index contributed by atoms with van der Waals surface area (Å²) in [5.41, 5.74) is 0. The van der Waals surface area contributed by atoms with Gasteiger partial charge in [-0.25, -0.2) is 19.2 Å². The monoisotopic (exact) mass is 764 g/mol. The van der Waals surface area contributed by atoms with Crippen molar-refractivity contribution in [3.8, 4) is 0 Å². The Morgan fingerprint density at radius 2 is 0.870 bits per heavy atom. The molecule has 16 heteroatoms. The molecule has 1 aliphatic rings. The van der Waals surface area contributed by atoms with Gasteiger partial charge in [-0.3, -0.25) is 19.2 Å². The van der Waals surface area contributed by atoms with Crippen LogP contribution in [0, 0.1) is 5.92 Å². The molecule has 0 bridgehead atoms. The van der Waals surface area contributed by atoms with E-state index in [9.17, 15) is 38.4 Å². The molecule has 1 unspecified atom stereocenters. The van der Waals surface area contributed by atoms with Crippen LogP contribution in [0.4, 0.5) is 0 Å². The lowest BCUT2D eigenvalue weighted by Gasteiger charge is -2.40. The van der Waals surface area contributed by atoms with Crippen molar-refractivity contribution < 1.29 is 76.3 Å². The molecule has 0 aliphatic carbocycles. The molecule has 0 spiro atoms. The summed E-state index contributed by atoms with van der Waals surface area (Å²) in [7, 11) is 0. The Hall–Kier alpha value is -5.12. The Bertz CT molecular complexity index is 1210. The Balaban J connectivity index is 3.12. The van der Waals surface area contributed by atoms with E-state index in [0.717, 1.165) is 24.3 Å². The zero-order valence-corrected chi connectivity index (χ0v) is 30.7. The SMILES string of the molecule is C=CC(=O)OCCCCC(=O)C[C@H]1C(OC(=O)CCCCOC(=O)C=C)OC[C@@H](OC(=O)CCCCOC(=O)C=C)[C@@H]1OC(=O)CCCCOC(=O)C=C. The quantitative estimate of drug-likeness (QED) is 0.0458. The normalized spacial score (nSPS) is 17.4. The third-order valence-corrected chi connectivity index (χ3v) is 7.64. The molecule has 16 nitrogen and oxygen atoms in total. The lowest BCUT2D eigenvalue weighted by molar-refractivity contribution is -0.255. The van der Waals surface area contributed by atoms with Gasteiger partial charge in [0.2, 0.25) is 6.29 Å². The first-order valence-corrected chi connectivity index (χ1v) is 17.8. The van der Waals surface area contributed by atoms with Gasteiger partial charge in [0, 0.05) is 56.4 Å². The van der Waals surface area contributed by atoms with E-state index in [2.05, 4.69) is 26.3 Å². The molecule has 0 aromatic carbocycles. The summed E-state index contributed by atoms with van der Waals surface area (Å²) < 4.78 is 42.7. The molecule has 0 aromatic heterocycles. The van der Waals surface area contributed by atoms with Crippen LogP contribution in [-0.4, -0.2) is 99.1 Å². The second-order valence-corrected chi connectivity index (χ2v) is 11.9. The Labute approximate surface area is 315 Å². The van der Waals surface area contributed by atoms with Crippen LogP contribution in [0.25, 0.3) is 0 Å². The van der Waals surface area contributed by atoms with E-state index in [1.807, 2.05) is 0 Å². The van der Waals surface area contributed by atoms with E-state index in [-0.39, 0.29) is 77.3 Å². The van der Waals surface area contributed by atoms with Crippen LogP contribution in [0.5, 0.6) is 0 Å². The smallest absolute Gasteiger partial charge is 0.330 e. The van der Waals surface area contributed by atoms with Crippen molar-refractivity contribution >= 4 is 47.6 Å². The number of esters is 7. The molecule has 1 rings (SSSR count). The Morgan fingerprint density at radius 3 is 1.28 bits per heavy atom. The van der Waals surface area contributed by atoms with Crippen LogP contribution >= 0.6 is 0 Å². The standard InChI is InChI=1S/C38H52O16/c1-5-30(40)47-21-13-9-17-27(39)25-28-37(53-35(45)19-11-15-23-49-32(42)7-3)29(52-34(44)18-10-14-22-48-31(41)6-2)26-51-38(28)54-36(46)20-12-16-24-50-33(43)8-4/h5-8,28-29,37-38H,1-4,9-26H2/t28-,29-,37-,38?/m1/s1. The maximum Gasteiger partial charge on any atom is 0.330 e. The van der Waals surface area contributed by atoms with E-state index in [1.54, 1.807) is 0 Å². The predicted molar refractivity (Wildman–Crippen MR) is 189 cm³/mol. The van der Waals surface area contributed by atoms with Gasteiger partial charge >= 0.3 is 41.8 Å². The number of Topliss-reactive ketones (excluding diaryl/α,β-unsaturated/α-hetero) is 1. The molecule has 0 N–H and O–H groups in total. The van der Waals surface area contributed by atoms with Crippen LogP contribution in [0.2, 0.25) is 0 Å². The number of unbranched alkanes of at least 4 members (excludes halogenated alkanes) is 4. The molecule has 1 saturated heterocycles. The average Bonchev–Trinajstić information content (AvgIpc) is 3.15. The molecule has 300 valence electrons. The van der Waals surface area contributed by atoms with E-state index in [0.29, 0.717) is 44.9 Å². The van der Waals surface area contributed by atoms with Gasteiger partial charge < -0.3 is 37.9 Å². The fraction of sp³-hybridized carbons (Fsp3) is 0.579. The van der Waals surface area contributed by atoms with Crippen LogP contribution in [0.1, 0.15) is 83.5 Å². The fourth-order valence-corrected chi connectivity index (χ4v) is 4.89. The summed E-state index contributed by atoms with van der Waals surface area (Å²) in [5.74, 6) is -5.86. The summed E-state index contributed by atoms with van der Waals surface area (Å²) in [4.78, 5) is 97.3. The van der Waals surface area contributed by atoms with E-state index >= 15 is 0 Å². The van der Waals surface area contributed by atoms with Gasteiger partial charge in [-0.05, 0) is 51.4 Å². The molecule has 1 fully saturated rings. The van der Waals surface area contributed by atoms with Crippen molar-refractivity contribution in [3.63, 3.8) is 0 Å². The van der Waals surface area contributed by atoms with Crippen molar-refractivity contribution in [2.45, 2.75) is 102 Å². The molecule has 0 amide bonds. The average molecular weight is 765 g/mol. The topological polar surface area (TPSA) is 210 Å². The summed E-state index contributed by atoms with van der Waals surface area (Å²) >= 11 is 0. The summed E-state index contributed by atoms with van der Waals surface area (Å²) in [5, 5.41) is 0. The van der Waals surface area contributed by atoms with Crippen molar-refractivity contribution in [3.05, 3.63) is 50.6 Å². The first kappa shape index (κ1) is 46.9. The highest BCUT2D eigenvalue weighted by atomic mass is 16.7. The molecule has 0 radical (unpaired) electrons. The minimum atomic E-state index is -1.36. The second kappa shape index (κ2) is 28.4. The zero-order chi connectivity index (χ0) is 40.1. The third kappa shape index (κ3) is 21.4. The number of carbonyl (C=O) groups excluding carboxylic acids is 8. The first-order chi connectivity index (χ1) is 25.9. The van der Waals surface area contributed by atoms with E-state index in [1.165, 1.54) is 0 Å². The number of hydrogen-bond acceptors (Lipinski definition) is 16. The van der Waals surface area contributed by atoms with Gasteiger partial charge in [0.15, 0.2) is 12.2 Å². The van der Waals surface area contributed by atoms with Gasteiger partial charge in [0.1, 0.15) is 5.78 Å². The molecule has 0 saturated carbocycles. The van der Waals surface area contributed by atoms with Crippen molar-refractivity contribution in [2.24, 2.45) is 5.92 Å². The minimum Gasteiger partial charge on any atom is -0.463 e. The molecule has 1 aliphatic heterocycles. The van der Waals surface area contributed by atoms with Crippen LogP contribution in [-0.2, 0) is 76.3 Å². The number of ether oxygens (including phenoxy) is 8. The Morgan fingerprint density at radius 1 is 0.500 bits per heavy atom. The van der Waals surface area contributed by atoms with E-state index < -0.39 is 66.2 Å². The molecular formula is C38H52O16. The number of rotatable bonds is 29. The maximum absolute atomic E-state index is 13.3. The Kier molecular flexibility index (Phi) is 24.7. The minimum absolute atomic E-state index is 0.0389. The third-order valence-electron chi connectivity index (χ3n) is 7.64. The van der Waals surface area contributed by atoms with Crippen LogP contribution in [0.15, 0.2) is 50.6 Å². The second-order valence-electron chi connectivity index (χ2n) is 11.9. The molecule has 4 atom stereocenters. The highest BCUT2D eigenvalue weighted by Crippen LogP contribution is 2.32. The van der Waals surface area contributed by atoms with Gasteiger partial charge in [-0.15, -0.1) is 0 Å². The van der Waals surface area contributed by atoms with Crippen molar-refractivity contribution in [2.75, 3.05) is 33.0 Å². The molecule has 1 heterocycles. The lowest BCUT2D eigenvalue weighted by Crippen LogP contribution is -2.54. The van der Waals surface area contributed by atoms with Crippen LogP contribution in [0.3, 0.4) is 0 Å². The van der Waals surface area contributed by atoms with Crippen molar-refractivity contribution in [1.82, 2.24) is 0 Å². The molecular weight excluding hydrogens is 712 g/mol. The first-order valence-electron chi connectivity index (χ1n) is 17.8. The van der Waals surface area contributed by atoms with Gasteiger partial charge in [-0.2, -0.15) is 0 Å². The largest absolute Gasteiger partial charge is 0.463 e. The zero-order valence-electron chi connectivity index (χ0n) is 30.7. The molecule has 54 heavy (non-hydrogen) atoms. The highest BCUT2D eigenvalue weighted by molar-refractivity contribution is 5.82. The lowest BCUT2D eigenvalue weighted by atomic mass is 9.88. The summed E-state index contributed by atoms with van der Waals surface area (Å²) in [6.45, 7) is 13.2. The highest BCUT2D eigenvalue weighted by Gasteiger charge is 2.47. The van der Waals surface area contributed by atoms with Crippen molar-refractivity contribution in [1.29, 1.82) is 0 Å². The number of carbonyl (C=O) groups is 8. The van der Waals surface area contributed by atoms with Gasteiger partial charge in [0.25, 0.3) is 0 Å². The predicted octanol–water partition coefficient (Wildman–Crippen LogP) is 3.88. The number of hydrogen-bond donors (Lipinski definition) is 0. The van der Waals surface area contributed by atoms with Gasteiger partial charge in [0.05, 0.1) is 39.0 Å². The van der Waals surface area contributed by atoms with E-state index in [4.69, 9.17) is 37.9 Å². The van der Waals surface area contributed by atoms with Gasteiger partial charge in [-0.1, -0.05) is 26.3 Å². The maximum atomic E-state index is 13.3. The molecule has 0 aromatic rings.